The standard InChI is InChI=1S/C16H15N3OS2/c1-11-4-6-14(22-11)13-10-21-16(18-13)19-15(20)7-5-12-3-2-8-17-9-12/h2-4,6,8-10H,5,7H2,1H3,(H,18,19,20). The summed E-state index contributed by atoms with van der Waals surface area (Å²) in [6, 6.07) is 7.98. The summed E-state index contributed by atoms with van der Waals surface area (Å²) in [6.45, 7) is 2.07. The number of aryl methyl sites for hydroxylation is 2. The van der Waals surface area contributed by atoms with Crippen LogP contribution in [0, 0.1) is 6.92 Å². The van der Waals surface area contributed by atoms with Gasteiger partial charge in [0.25, 0.3) is 0 Å². The molecule has 0 unspecified atom stereocenters. The molecule has 0 aliphatic rings. The van der Waals surface area contributed by atoms with Gasteiger partial charge in [-0.15, -0.1) is 22.7 Å². The molecule has 1 N–H and O–H groups in total. The molecule has 0 radical (unpaired) electrons. The Kier molecular flexibility index (Phi) is 4.60. The summed E-state index contributed by atoms with van der Waals surface area (Å²) in [6.07, 6.45) is 4.63. The van der Waals surface area contributed by atoms with Crippen LogP contribution in [0.4, 0.5) is 5.13 Å². The molecule has 3 rings (SSSR count). The number of carbonyl (C=O) groups is 1. The lowest BCUT2D eigenvalue weighted by atomic mass is 10.1. The van der Waals surface area contributed by atoms with Crippen molar-refractivity contribution >= 4 is 33.7 Å². The molecule has 0 aromatic carbocycles. The van der Waals surface area contributed by atoms with Crippen LogP contribution in [0.3, 0.4) is 0 Å². The van der Waals surface area contributed by atoms with E-state index in [0.717, 1.165) is 16.1 Å². The number of pyridine rings is 1. The van der Waals surface area contributed by atoms with Crippen LogP contribution in [0.1, 0.15) is 16.9 Å². The summed E-state index contributed by atoms with van der Waals surface area (Å²) in [7, 11) is 0. The van der Waals surface area contributed by atoms with Crippen molar-refractivity contribution in [3.63, 3.8) is 0 Å². The highest BCUT2D eigenvalue weighted by Crippen LogP contribution is 2.30. The molecular formula is C16H15N3OS2. The van der Waals surface area contributed by atoms with E-state index in [2.05, 4.69) is 34.3 Å². The number of anilines is 1. The highest BCUT2D eigenvalue weighted by Gasteiger charge is 2.09. The minimum absolute atomic E-state index is 0.0212. The summed E-state index contributed by atoms with van der Waals surface area (Å²) in [5, 5.41) is 5.49. The quantitative estimate of drug-likeness (QED) is 0.765. The van der Waals surface area contributed by atoms with Crippen molar-refractivity contribution in [2.75, 3.05) is 5.32 Å². The first-order valence-electron chi connectivity index (χ1n) is 6.92. The summed E-state index contributed by atoms with van der Waals surface area (Å²) in [5.41, 5.74) is 1.98. The lowest BCUT2D eigenvalue weighted by molar-refractivity contribution is -0.116. The Morgan fingerprint density at radius 3 is 2.95 bits per heavy atom. The van der Waals surface area contributed by atoms with Crippen molar-refractivity contribution in [3.05, 3.63) is 52.5 Å². The molecule has 0 atom stereocenters. The molecule has 0 aliphatic heterocycles. The van der Waals surface area contributed by atoms with Gasteiger partial charge in [-0.25, -0.2) is 4.98 Å². The van der Waals surface area contributed by atoms with Crippen LogP contribution in [-0.2, 0) is 11.2 Å². The molecule has 1 amide bonds. The van der Waals surface area contributed by atoms with Crippen LogP contribution in [0.5, 0.6) is 0 Å². The second-order valence-electron chi connectivity index (χ2n) is 4.86. The summed E-state index contributed by atoms with van der Waals surface area (Å²) < 4.78 is 0. The topological polar surface area (TPSA) is 54.9 Å². The van der Waals surface area contributed by atoms with E-state index in [4.69, 9.17) is 0 Å². The molecule has 3 heterocycles. The van der Waals surface area contributed by atoms with Gasteiger partial charge in [0.1, 0.15) is 0 Å². The lowest BCUT2D eigenvalue weighted by Gasteiger charge is -2.01. The Morgan fingerprint density at radius 1 is 1.32 bits per heavy atom. The minimum Gasteiger partial charge on any atom is -0.302 e. The van der Waals surface area contributed by atoms with Crippen LogP contribution in [-0.4, -0.2) is 15.9 Å². The minimum atomic E-state index is -0.0212. The second-order valence-corrected chi connectivity index (χ2v) is 7.00. The zero-order valence-corrected chi connectivity index (χ0v) is 13.7. The van der Waals surface area contributed by atoms with Crippen molar-refractivity contribution in [1.82, 2.24) is 9.97 Å². The predicted octanol–water partition coefficient (Wildman–Crippen LogP) is 4.15. The third-order valence-corrected chi connectivity index (χ3v) is 4.89. The molecule has 0 spiro atoms. The van der Waals surface area contributed by atoms with Gasteiger partial charge in [-0.1, -0.05) is 6.07 Å². The molecule has 6 heteroatoms. The zero-order chi connectivity index (χ0) is 15.4. The summed E-state index contributed by atoms with van der Waals surface area (Å²) in [5.74, 6) is -0.0212. The first-order valence-corrected chi connectivity index (χ1v) is 8.61. The number of carbonyl (C=O) groups excluding carboxylic acids is 1. The molecule has 22 heavy (non-hydrogen) atoms. The first kappa shape index (κ1) is 14.9. The second kappa shape index (κ2) is 6.81. The molecule has 0 saturated heterocycles. The monoisotopic (exact) mass is 329 g/mol. The van der Waals surface area contributed by atoms with Crippen molar-refractivity contribution in [2.45, 2.75) is 19.8 Å². The molecule has 112 valence electrons. The maximum Gasteiger partial charge on any atom is 0.226 e. The molecule has 4 nitrogen and oxygen atoms in total. The smallest absolute Gasteiger partial charge is 0.226 e. The predicted molar refractivity (Wildman–Crippen MR) is 91.4 cm³/mol. The van der Waals surface area contributed by atoms with Crippen LogP contribution < -0.4 is 5.32 Å². The van der Waals surface area contributed by atoms with E-state index in [9.17, 15) is 4.79 Å². The van der Waals surface area contributed by atoms with Gasteiger partial charge in [0.05, 0.1) is 10.6 Å². The molecule has 3 aromatic rings. The van der Waals surface area contributed by atoms with Crippen LogP contribution in [0.25, 0.3) is 10.6 Å². The zero-order valence-electron chi connectivity index (χ0n) is 12.1. The first-order chi connectivity index (χ1) is 10.7. The normalized spacial score (nSPS) is 10.6. The van der Waals surface area contributed by atoms with Gasteiger partial charge in [-0.2, -0.15) is 0 Å². The van der Waals surface area contributed by atoms with E-state index in [1.165, 1.54) is 16.2 Å². The van der Waals surface area contributed by atoms with Crippen molar-refractivity contribution in [2.24, 2.45) is 0 Å². The van der Waals surface area contributed by atoms with Crippen molar-refractivity contribution in [1.29, 1.82) is 0 Å². The Balaban J connectivity index is 1.57. The Morgan fingerprint density at radius 2 is 2.23 bits per heavy atom. The number of hydrogen-bond donors (Lipinski definition) is 1. The third-order valence-electron chi connectivity index (χ3n) is 3.11. The molecular weight excluding hydrogens is 314 g/mol. The number of amides is 1. The largest absolute Gasteiger partial charge is 0.302 e. The van der Waals surface area contributed by atoms with E-state index in [-0.39, 0.29) is 5.91 Å². The fraction of sp³-hybridized carbons (Fsp3) is 0.188. The summed E-state index contributed by atoms with van der Waals surface area (Å²) in [4.78, 5) is 22.9. The maximum atomic E-state index is 12.0. The molecule has 0 saturated carbocycles. The number of hydrogen-bond acceptors (Lipinski definition) is 5. The van der Waals surface area contributed by atoms with Gasteiger partial charge < -0.3 is 5.32 Å². The van der Waals surface area contributed by atoms with Gasteiger partial charge in [0.2, 0.25) is 5.91 Å². The molecule has 0 fully saturated rings. The highest BCUT2D eigenvalue weighted by molar-refractivity contribution is 7.17. The number of nitrogens with zero attached hydrogens (tertiary/aromatic N) is 2. The SMILES string of the molecule is Cc1ccc(-c2csc(NC(=O)CCc3cccnc3)n2)s1. The van der Waals surface area contributed by atoms with Crippen molar-refractivity contribution < 1.29 is 4.79 Å². The highest BCUT2D eigenvalue weighted by atomic mass is 32.1. The number of thiazole rings is 1. The van der Waals surface area contributed by atoms with Crippen LogP contribution >= 0.6 is 22.7 Å². The van der Waals surface area contributed by atoms with Gasteiger partial charge in [0.15, 0.2) is 5.13 Å². The van der Waals surface area contributed by atoms with E-state index < -0.39 is 0 Å². The maximum absolute atomic E-state index is 12.0. The van der Waals surface area contributed by atoms with Gasteiger partial charge >= 0.3 is 0 Å². The fourth-order valence-corrected chi connectivity index (χ4v) is 3.63. The number of thiophene rings is 1. The number of nitrogens with one attached hydrogen (secondary N) is 1. The average molecular weight is 329 g/mol. The van der Waals surface area contributed by atoms with E-state index >= 15 is 0 Å². The Hall–Kier alpha value is -2.05. The number of rotatable bonds is 5. The van der Waals surface area contributed by atoms with E-state index in [0.29, 0.717) is 18.0 Å². The average Bonchev–Trinajstić information content (AvgIpc) is 3.15. The van der Waals surface area contributed by atoms with Gasteiger partial charge in [0, 0.05) is 29.1 Å². The lowest BCUT2D eigenvalue weighted by Crippen LogP contribution is -2.12. The molecule has 0 aliphatic carbocycles. The van der Waals surface area contributed by atoms with Crippen LogP contribution in [0.2, 0.25) is 0 Å². The van der Waals surface area contributed by atoms with Crippen molar-refractivity contribution in [3.8, 4) is 10.6 Å². The van der Waals surface area contributed by atoms with Crippen LogP contribution in [0.15, 0.2) is 42.0 Å². The molecule has 3 aromatic heterocycles. The van der Waals surface area contributed by atoms with Gasteiger partial charge in [-0.3, -0.25) is 9.78 Å². The summed E-state index contributed by atoms with van der Waals surface area (Å²) >= 11 is 3.16. The Bertz CT molecular complexity index is 765. The third kappa shape index (κ3) is 3.78. The molecule has 0 bridgehead atoms. The Labute approximate surface area is 136 Å². The fourth-order valence-electron chi connectivity index (χ4n) is 2.00. The van der Waals surface area contributed by atoms with E-state index in [1.54, 1.807) is 23.7 Å². The number of aromatic nitrogens is 2. The van der Waals surface area contributed by atoms with Gasteiger partial charge in [-0.05, 0) is 37.1 Å². The van der Waals surface area contributed by atoms with E-state index in [1.807, 2.05) is 17.5 Å².